The molecule has 1 aromatic rings. The molecular formula is C14H22FN3. The van der Waals surface area contributed by atoms with Crippen LogP contribution in [-0.2, 0) is 6.42 Å². The second kappa shape index (κ2) is 6.16. The minimum atomic E-state index is -0.120. The highest BCUT2D eigenvalue weighted by molar-refractivity contribution is 5.49. The Morgan fingerprint density at radius 1 is 1.22 bits per heavy atom. The molecule has 1 aromatic carbocycles. The van der Waals surface area contributed by atoms with Crippen molar-refractivity contribution in [2.45, 2.75) is 12.8 Å². The van der Waals surface area contributed by atoms with Crippen molar-refractivity contribution in [3.05, 3.63) is 29.6 Å². The SMILES string of the molecule is CN1CCCN(c2ccc(CCN)cc2F)CC1. The predicted molar refractivity (Wildman–Crippen MR) is 73.5 cm³/mol. The number of benzene rings is 1. The van der Waals surface area contributed by atoms with Crippen molar-refractivity contribution in [2.75, 3.05) is 44.7 Å². The number of likely N-dealkylation sites (N-methyl/N-ethyl adjacent to an activating group) is 1. The predicted octanol–water partition coefficient (Wildman–Crippen LogP) is 1.47. The molecule has 1 saturated heterocycles. The molecule has 0 bridgehead atoms. The maximum atomic E-state index is 14.1. The van der Waals surface area contributed by atoms with Crippen LogP contribution in [0.1, 0.15) is 12.0 Å². The number of hydrogen-bond donors (Lipinski definition) is 1. The molecule has 0 unspecified atom stereocenters. The van der Waals surface area contributed by atoms with Gasteiger partial charge in [0, 0.05) is 19.6 Å². The molecule has 1 aliphatic rings. The molecule has 1 fully saturated rings. The summed E-state index contributed by atoms with van der Waals surface area (Å²) in [7, 11) is 2.12. The van der Waals surface area contributed by atoms with E-state index in [-0.39, 0.29) is 5.82 Å². The summed E-state index contributed by atoms with van der Waals surface area (Å²) in [4.78, 5) is 4.44. The van der Waals surface area contributed by atoms with E-state index >= 15 is 0 Å². The summed E-state index contributed by atoms with van der Waals surface area (Å²) in [6, 6.07) is 5.50. The zero-order chi connectivity index (χ0) is 13.0. The molecule has 4 heteroatoms. The van der Waals surface area contributed by atoms with Crippen LogP contribution in [0.4, 0.5) is 10.1 Å². The van der Waals surface area contributed by atoms with Crippen LogP contribution in [0, 0.1) is 5.82 Å². The molecule has 3 nitrogen and oxygen atoms in total. The third-order valence-corrected chi connectivity index (χ3v) is 3.51. The Morgan fingerprint density at radius 3 is 2.78 bits per heavy atom. The maximum Gasteiger partial charge on any atom is 0.146 e. The molecule has 0 radical (unpaired) electrons. The van der Waals surface area contributed by atoms with Gasteiger partial charge < -0.3 is 15.5 Å². The van der Waals surface area contributed by atoms with Gasteiger partial charge in [-0.2, -0.15) is 0 Å². The molecule has 0 aliphatic carbocycles. The Morgan fingerprint density at radius 2 is 2.06 bits per heavy atom. The highest BCUT2D eigenvalue weighted by Crippen LogP contribution is 2.22. The minimum absolute atomic E-state index is 0.120. The number of hydrogen-bond acceptors (Lipinski definition) is 3. The van der Waals surface area contributed by atoms with Crippen molar-refractivity contribution in [1.82, 2.24) is 4.90 Å². The molecule has 100 valence electrons. The highest BCUT2D eigenvalue weighted by atomic mass is 19.1. The van der Waals surface area contributed by atoms with Crippen molar-refractivity contribution < 1.29 is 4.39 Å². The average Bonchev–Trinajstić information content (AvgIpc) is 2.55. The first kappa shape index (κ1) is 13.3. The van der Waals surface area contributed by atoms with E-state index in [0.29, 0.717) is 6.54 Å². The van der Waals surface area contributed by atoms with Gasteiger partial charge in [0.25, 0.3) is 0 Å². The molecule has 0 saturated carbocycles. The normalized spacial score (nSPS) is 17.8. The van der Waals surface area contributed by atoms with Gasteiger partial charge in [0.15, 0.2) is 0 Å². The fraction of sp³-hybridized carbons (Fsp3) is 0.571. The van der Waals surface area contributed by atoms with Crippen LogP contribution in [0.25, 0.3) is 0 Å². The zero-order valence-corrected chi connectivity index (χ0v) is 11.0. The van der Waals surface area contributed by atoms with E-state index in [0.717, 1.165) is 50.3 Å². The molecule has 2 N–H and O–H groups in total. The van der Waals surface area contributed by atoms with Gasteiger partial charge in [-0.05, 0) is 50.7 Å². The number of rotatable bonds is 3. The van der Waals surface area contributed by atoms with E-state index in [1.54, 1.807) is 6.07 Å². The van der Waals surface area contributed by atoms with E-state index in [4.69, 9.17) is 5.73 Å². The Labute approximate surface area is 108 Å². The molecule has 1 heterocycles. The zero-order valence-electron chi connectivity index (χ0n) is 11.0. The molecule has 2 rings (SSSR count). The summed E-state index contributed by atoms with van der Waals surface area (Å²) in [5.74, 6) is -0.120. The quantitative estimate of drug-likeness (QED) is 0.883. The monoisotopic (exact) mass is 251 g/mol. The second-order valence-electron chi connectivity index (χ2n) is 4.97. The van der Waals surface area contributed by atoms with E-state index in [1.807, 2.05) is 12.1 Å². The van der Waals surface area contributed by atoms with Gasteiger partial charge in [-0.25, -0.2) is 4.39 Å². The van der Waals surface area contributed by atoms with Crippen LogP contribution < -0.4 is 10.6 Å². The maximum absolute atomic E-state index is 14.1. The van der Waals surface area contributed by atoms with Gasteiger partial charge in [-0.1, -0.05) is 6.07 Å². The summed E-state index contributed by atoms with van der Waals surface area (Å²) < 4.78 is 14.1. The molecule has 1 aliphatic heterocycles. The molecule has 0 amide bonds. The Balaban J connectivity index is 2.12. The lowest BCUT2D eigenvalue weighted by atomic mass is 10.1. The molecule has 0 atom stereocenters. The van der Waals surface area contributed by atoms with Gasteiger partial charge in [0.2, 0.25) is 0 Å². The fourth-order valence-corrected chi connectivity index (χ4v) is 2.42. The van der Waals surface area contributed by atoms with Crippen LogP contribution in [0.15, 0.2) is 18.2 Å². The summed E-state index contributed by atoms with van der Waals surface area (Å²) in [5, 5.41) is 0. The van der Waals surface area contributed by atoms with Crippen molar-refractivity contribution in [1.29, 1.82) is 0 Å². The Hall–Kier alpha value is -1.13. The van der Waals surface area contributed by atoms with Crippen LogP contribution in [0.2, 0.25) is 0 Å². The lowest BCUT2D eigenvalue weighted by Gasteiger charge is -2.23. The van der Waals surface area contributed by atoms with Crippen molar-refractivity contribution in [3.8, 4) is 0 Å². The molecule has 0 spiro atoms. The Bertz CT molecular complexity index is 395. The first-order valence-electron chi connectivity index (χ1n) is 6.62. The smallest absolute Gasteiger partial charge is 0.146 e. The average molecular weight is 251 g/mol. The first-order chi connectivity index (χ1) is 8.70. The van der Waals surface area contributed by atoms with E-state index in [9.17, 15) is 4.39 Å². The summed E-state index contributed by atoms with van der Waals surface area (Å²) in [5.41, 5.74) is 7.19. The van der Waals surface area contributed by atoms with Gasteiger partial charge in [0.1, 0.15) is 5.82 Å². The number of halogens is 1. The van der Waals surface area contributed by atoms with E-state index in [1.165, 1.54) is 0 Å². The van der Waals surface area contributed by atoms with Gasteiger partial charge in [0.05, 0.1) is 5.69 Å². The van der Waals surface area contributed by atoms with Gasteiger partial charge in [-0.3, -0.25) is 0 Å². The van der Waals surface area contributed by atoms with Crippen molar-refractivity contribution in [3.63, 3.8) is 0 Å². The Kier molecular flexibility index (Phi) is 4.55. The highest BCUT2D eigenvalue weighted by Gasteiger charge is 2.15. The molecule has 18 heavy (non-hydrogen) atoms. The van der Waals surface area contributed by atoms with E-state index in [2.05, 4.69) is 16.8 Å². The fourth-order valence-electron chi connectivity index (χ4n) is 2.42. The third kappa shape index (κ3) is 3.21. The van der Waals surface area contributed by atoms with Crippen molar-refractivity contribution in [2.24, 2.45) is 5.73 Å². The lowest BCUT2D eigenvalue weighted by molar-refractivity contribution is 0.360. The topological polar surface area (TPSA) is 32.5 Å². The summed E-state index contributed by atoms with van der Waals surface area (Å²) in [6.45, 7) is 4.46. The summed E-state index contributed by atoms with van der Waals surface area (Å²) in [6.07, 6.45) is 1.82. The minimum Gasteiger partial charge on any atom is -0.368 e. The second-order valence-corrected chi connectivity index (χ2v) is 4.97. The van der Waals surface area contributed by atoms with Crippen LogP contribution in [-0.4, -0.2) is 44.7 Å². The van der Waals surface area contributed by atoms with Crippen LogP contribution in [0.5, 0.6) is 0 Å². The third-order valence-electron chi connectivity index (χ3n) is 3.51. The van der Waals surface area contributed by atoms with Crippen LogP contribution in [0.3, 0.4) is 0 Å². The van der Waals surface area contributed by atoms with E-state index < -0.39 is 0 Å². The molecule has 0 aromatic heterocycles. The standard InChI is InChI=1S/C14H22FN3/c1-17-7-2-8-18(10-9-17)14-4-3-12(5-6-16)11-13(14)15/h3-4,11H,2,5-10,16H2,1H3. The van der Waals surface area contributed by atoms with Gasteiger partial charge in [-0.15, -0.1) is 0 Å². The number of nitrogens with two attached hydrogens (primary N) is 1. The number of anilines is 1. The lowest BCUT2D eigenvalue weighted by Crippen LogP contribution is -2.29. The van der Waals surface area contributed by atoms with Crippen LogP contribution >= 0.6 is 0 Å². The largest absolute Gasteiger partial charge is 0.368 e. The number of nitrogens with zero attached hydrogens (tertiary/aromatic N) is 2. The molecular weight excluding hydrogens is 229 g/mol. The summed E-state index contributed by atoms with van der Waals surface area (Å²) >= 11 is 0. The first-order valence-corrected chi connectivity index (χ1v) is 6.62. The van der Waals surface area contributed by atoms with Crippen molar-refractivity contribution >= 4 is 5.69 Å². The van der Waals surface area contributed by atoms with Gasteiger partial charge >= 0.3 is 0 Å².